The first kappa shape index (κ1) is 11.7. The van der Waals surface area contributed by atoms with Gasteiger partial charge in [0.1, 0.15) is 0 Å². The number of carbonyl (C=O) groups excluding carboxylic acids is 1. The van der Waals surface area contributed by atoms with Gasteiger partial charge in [0.15, 0.2) is 0 Å². The first-order valence-corrected chi connectivity index (χ1v) is 6.10. The monoisotopic (exact) mass is 227 g/mol. The number of hydrogen-bond acceptors (Lipinski definition) is 3. The van der Waals surface area contributed by atoms with E-state index in [1.54, 1.807) is 0 Å². The molecule has 2 aliphatic rings. The van der Waals surface area contributed by atoms with Gasteiger partial charge in [-0.25, -0.2) is 4.79 Å². The fourth-order valence-corrected chi connectivity index (χ4v) is 2.22. The van der Waals surface area contributed by atoms with E-state index in [1.165, 1.54) is 12.8 Å². The van der Waals surface area contributed by atoms with E-state index in [-0.39, 0.29) is 12.6 Å². The molecule has 0 aromatic heterocycles. The van der Waals surface area contributed by atoms with E-state index >= 15 is 0 Å². The topological polar surface area (TPSA) is 64.6 Å². The van der Waals surface area contributed by atoms with Gasteiger partial charge in [-0.05, 0) is 24.7 Å². The molecule has 5 nitrogen and oxygen atoms in total. The van der Waals surface area contributed by atoms with Crippen LogP contribution in [0.4, 0.5) is 4.79 Å². The van der Waals surface area contributed by atoms with E-state index in [9.17, 15) is 4.79 Å². The fourth-order valence-electron chi connectivity index (χ4n) is 2.22. The average Bonchev–Trinajstić information content (AvgIpc) is 2.91. The minimum absolute atomic E-state index is 0.0540. The molecule has 0 aromatic rings. The van der Waals surface area contributed by atoms with Gasteiger partial charge < -0.3 is 20.6 Å². The summed E-state index contributed by atoms with van der Waals surface area (Å²) < 4.78 is 0. The van der Waals surface area contributed by atoms with Gasteiger partial charge >= 0.3 is 6.03 Å². The van der Waals surface area contributed by atoms with Crippen LogP contribution in [0.5, 0.6) is 0 Å². The zero-order valence-electron chi connectivity index (χ0n) is 9.67. The third-order valence-electron chi connectivity index (χ3n) is 3.60. The highest BCUT2D eigenvalue weighted by Crippen LogP contribution is 2.47. The Kier molecular flexibility index (Phi) is 3.66. The SMILES string of the molecule is O=C1NCCN1CCNCC1(CCO)CC1. The molecule has 1 aliphatic carbocycles. The van der Waals surface area contributed by atoms with Gasteiger partial charge in [0.25, 0.3) is 0 Å². The maximum Gasteiger partial charge on any atom is 0.317 e. The highest BCUT2D eigenvalue weighted by molar-refractivity contribution is 5.76. The molecular formula is C11H21N3O2. The Morgan fingerprint density at radius 1 is 1.50 bits per heavy atom. The normalized spacial score (nSPS) is 22.3. The van der Waals surface area contributed by atoms with Gasteiger partial charge in [0.2, 0.25) is 0 Å². The van der Waals surface area contributed by atoms with Crippen molar-refractivity contribution in [3.05, 3.63) is 0 Å². The first-order chi connectivity index (χ1) is 7.76. The summed E-state index contributed by atoms with van der Waals surface area (Å²) in [5.74, 6) is 0. The van der Waals surface area contributed by atoms with Crippen molar-refractivity contribution >= 4 is 6.03 Å². The number of aliphatic hydroxyl groups excluding tert-OH is 1. The van der Waals surface area contributed by atoms with Gasteiger partial charge in [0.05, 0.1) is 0 Å². The second-order valence-electron chi connectivity index (χ2n) is 4.87. The summed E-state index contributed by atoms with van der Waals surface area (Å²) in [4.78, 5) is 13.1. The van der Waals surface area contributed by atoms with Crippen LogP contribution in [0.2, 0.25) is 0 Å². The summed E-state index contributed by atoms with van der Waals surface area (Å²) in [6.07, 6.45) is 3.36. The van der Waals surface area contributed by atoms with Crippen LogP contribution < -0.4 is 10.6 Å². The minimum atomic E-state index is 0.0540. The van der Waals surface area contributed by atoms with Crippen molar-refractivity contribution in [3.8, 4) is 0 Å². The number of nitrogens with one attached hydrogen (secondary N) is 2. The third kappa shape index (κ3) is 2.86. The third-order valence-corrected chi connectivity index (χ3v) is 3.60. The van der Waals surface area contributed by atoms with Crippen LogP contribution >= 0.6 is 0 Å². The number of aliphatic hydroxyl groups is 1. The van der Waals surface area contributed by atoms with E-state index in [2.05, 4.69) is 10.6 Å². The van der Waals surface area contributed by atoms with Gasteiger partial charge in [0, 0.05) is 39.3 Å². The Balaban J connectivity index is 1.56. The lowest BCUT2D eigenvalue weighted by molar-refractivity contribution is 0.216. The molecule has 2 amide bonds. The molecule has 5 heteroatoms. The quantitative estimate of drug-likeness (QED) is 0.526. The molecule has 1 aliphatic heterocycles. The molecule has 3 N–H and O–H groups in total. The van der Waals surface area contributed by atoms with Gasteiger partial charge in [-0.3, -0.25) is 0 Å². The Morgan fingerprint density at radius 3 is 2.88 bits per heavy atom. The summed E-state index contributed by atoms with van der Waals surface area (Å²) >= 11 is 0. The molecule has 0 bridgehead atoms. The van der Waals surface area contributed by atoms with E-state index in [0.29, 0.717) is 5.41 Å². The van der Waals surface area contributed by atoms with Crippen LogP contribution in [0.3, 0.4) is 0 Å². The number of amides is 2. The lowest BCUT2D eigenvalue weighted by atomic mass is 10.0. The molecule has 0 unspecified atom stereocenters. The van der Waals surface area contributed by atoms with Crippen molar-refractivity contribution in [2.45, 2.75) is 19.3 Å². The van der Waals surface area contributed by atoms with Crippen molar-refractivity contribution in [2.24, 2.45) is 5.41 Å². The highest BCUT2D eigenvalue weighted by Gasteiger charge is 2.41. The summed E-state index contributed by atoms with van der Waals surface area (Å²) in [6.45, 7) is 4.48. The van der Waals surface area contributed by atoms with Crippen LogP contribution in [0, 0.1) is 5.41 Å². The molecule has 0 radical (unpaired) electrons. The van der Waals surface area contributed by atoms with Crippen molar-refractivity contribution in [1.82, 2.24) is 15.5 Å². The molecule has 0 spiro atoms. The van der Waals surface area contributed by atoms with Crippen molar-refractivity contribution in [3.63, 3.8) is 0 Å². The summed E-state index contributed by atoms with van der Waals surface area (Å²) in [7, 11) is 0. The van der Waals surface area contributed by atoms with Crippen molar-refractivity contribution in [1.29, 1.82) is 0 Å². The molecule has 0 atom stereocenters. The largest absolute Gasteiger partial charge is 0.396 e. The number of hydrogen-bond donors (Lipinski definition) is 3. The van der Waals surface area contributed by atoms with E-state index in [0.717, 1.165) is 39.1 Å². The zero-order chi connectivity index (χ0) is 11.4. The maximum atomic E-state index is 11.2. The summed E-state index contributed by atoms with van der Waals surface area (Å²) in [5, 5.41) is 15.1. The molecule has 16 heavy (non-hydrogen) atoms. The minimum Gasteiger partial charge on any atom is -0.396 e. The highest BCUT2D eigenvalue weighted by atomic mass is 16.3. The van der Waals surface area contributed by atoms with Crippen molar-refractivity contribution in [2.75, 3.05) is 39.3 Å². The Bertz CT molecular complexity index is 254. The van der Waals surface area contributed by atoms with Gasteiger partial charge in [-0.2, -0.15) is 0 Å². The molecule has 1 saturated carbocycles. The lowest BCUT2D eigenvalue weighted by Crippen LogP contribution is -2.36. The van der Waals surface area contributed by atoms with E-state index < -0.39 is 0 Å². The molecule has 0 aromatic carbocycles. The van der Waals surface area contributed by atoms with E-state index in [4.69, 9.17) is 5.11 Å². The number of urea groups is 1. The second-order valence-corrected chi connectivity index (χ2v) is 4.87. The average molecular weight is 227 g/mol. The lowest BCUT2D eigenvalue weighted by Gasteiger charge is -2.17. The molecule has 2 rings (SSSR count). The first-order valence-electron chi connectivity index (χ1n) is 6.10. The Morgan fingerprint density at radius 2 is 2.31 bits per heavy atom. The number of carbonyl (C=O) groups is 1. The number of nitrogens with zero attached hydrogens (tertiary/aromatic N) is 1. The summed E-state index contributed by atoms with van der Waals surface area (Å²) in [6, 6.07) is 0.0540. The van der Waals surface area contributed by atoms with Crippen molar-refractivity contribution < 1.29 is 9.90 Å². The smallest absolute Gasteiger partial charge is 0.317 e. The van der Waals surface area contributed by atoms with Gasteiger partial charge in [-0.15, -0.1) is 0 Å². The maximum absolute atomic E-state index is 11.2. The van der Waals surface area contributed by atoms with Gasteiger partial charge in [-0.1, -0.05) is 0 Å². The number of rotatable bonds is 7. The molecule has 92 valence electrons. The Hall–Kier alpha value is -0.810. The predicted octanol–water partition coefficient (Wildman–Crippen LogP) is -0.236. The van der Waals surface area contributed by atoms with Crippen LogP contribution in [0.1, 0.15) is 19.3 Å². The Labute approximate surface area is 96.2 Å². The summed E-state index contributed by atoms with van der Waals surface area (Å²) in [5.41, 5.74) is 0.363. The molecule has 1 saturated heterocycles. The van der Waals surface area contributed by atoms with Crippen LogP contribution in [-0.2, 0) is 0 Å². The predicted molar refractivity (Wildman–Crippen MR) is 61.2 cm³/mol. The molecular weight excluding hydrogens is 206 g/mol. The molecule has 2 fully saturated rings. The van der Waals surface area contributed by atoms with Crippen LogP contribution in [0.25, 0.3) is 0 Å². The van der Waals surface area contributed by atoms with Crippen LogP contribution in [-0.4, -0.2) is 55.4 Å². The van der Waals surface area contributed by atoms with Crippen LogP contribution in [0.15, 0.2) is 0 Å². The fraction of sp³-hybridized carbons (Fsp3) is 0.909. The molecule has 1 heterocycles. The second kappa shape index (κ2) is 5.01. The zero-order valence-corrected chi connectivity index (χ0v) is 9.67. The standard InChI is InChI=1S/C11H21N3O2/c15-8-3-11(1-2-11)9-12-4-6-14-7-5-13-10(14)16/h12,15H,1-9H2,(H,13,16). The van der Waals surface area contributed by atoms with E-state index in [1.807, 2.05) is 4.90 Å².